The average molecular weight is 251 g/mol. The van der Waals surface area contributed by atoms with Crippen LogP contribution in [0, 0.1) is 13.8 Å². The summed E-state index contributed by atoms with van der Waals surface area (Å²) in [6, 6.07) is -0.0869. The Hall–Kier alpha value is -1.24. The molecule has 0 bridgehead atoms. The smallest absolute Gasteiger partial charge is 0.132 e. The lowest BCUT2D eigenvalue weighted by Crippen LogP contribution is -2.31. The zero-order chi connectivity index (χ0) is 12.4. The number of rotatable bonds is 4. The van der Waals surface area contributed by atoms with Gasteiger partial charge in [0.25, 0.3) is 0 Å². The van der Waals surface area contributed by atoms with Crippen LogP contribution in [-0.2, 0) is 6.54 Å². The van der Waals surface area contributed by atoms with Crippen molar-refractivity contribution in [2.45, 2.75) is 33.4 Å². The lowest BCUT2D eigenvalue weighted by Gasteiger charge is -2.15. The Morgan fingerprint density at radius 1 is 1.53 bits per heavy atom. The topological polar surface area (TPSA) is 68.8 Å². The Kier molecular flexibility index (Phi) is 3.56. The summed E-state index contributed by atoms with van der Waals surface area (Å²) in [7, 11) is 0. The first kappa shape index (κ1) is 12.2. The highest BCUT2D eigenvalue weighted by atomic mass is 32.1. The summed E-state index contributed by atoms with van der Waals surface area (Å²) in [5, 5.41) is 1.05. The Morgan fingerprint density at radius 2 is 2.29 bits per heavy atom. The molecule has 3 N–H and O–H groups in total. The van der Waals surface area contributed by atoms with Gasteiger partial charge in [0.05, 0.1) is 15.6 Å². The molecule has 92 valence electrons. The summed E-state index contributed by atoms with van der Waals surface area (Å²) in [4.78, 5) is 9.95. The maximum Gasteiger partial charge on any atom is 0.132 e. The predicted molar refractivity (Wildman–Crippen MR) is 68.7 cm³/mol. The molecule has 0 aliphatic rings. The molecule has 0 fully saturated rings. The zero-order valence-electron chi connectivity index (χ0n) is 10.3. The highest BCUT2D eigenvalue weighted by Gasteiger charge is 2.22. The monoisotopic (exact) mass is 251 g/mol. The molecule has 0 aromatic carbocycles. The van der Waals surface area contributed by atoms with E-state index in [1.165, 1.54) is 0 Å². The van der Waals surface area contributed by atoms with Gasteiger partial charge < -0.3 is 4.57 Å². The van der Waals surface area contributed by atoms with Crippen LogP contribution < -0.4 is 11.3 Å². The third-order valence-corrected chi connectivity index (χ3v) is 3.85. The first-order valence-electron chi connectivity index (χ1n) is 5.58. The first-order valence-corrected chi connectivity index (χ1v) is 6.40. The number of nitrogens with zero attached hydrogens (tertiary/aromatic N) is 3. The van der Waals surface area contributed by atoms with Crippen molar-refractivity contribution in [3.8, 4) is 0 Å². The normalized spacial score (nSPS) is 12.9. The van der Waals surface area contributed by atoms with Crippen LogP contribution in [0.5, 0.6) is 0 Å². The molecule has 1 unspecified atom stereocenters. The molecule has 0 radical (unpaired) electrons. The summed E-state index contributed by atoms with van der Waals surface area (Å²) in [6.07, 6.45) is 3.76. The number of hydrazine groups is 1. The molecule has 2 heterocycles. The fraction of sp³-hybridized carbons (Fsp3) is 0.455. The number of thiazole rings is 1. The summed E-state index contributed by atoms with van der Waals surface area (Å²) >= 11 is 1.66. The van der Waals surface area contributed by atoms with Crippen molar-refractivity contribution in [1.29, 1.82) is 0 Å². The van der Waals surface area contributed by atoms with Gasteiger partial charge in [0.15, 0.2) is 0 Å². The third kappa shape index (κ3) is 2.24. The molecule has 2 aromatic heterocycles. The minimum absolute atomic E-state index is 0.0869. The minimum Gasteiger partial charge on any atom is -0.334 e. The van der Waals surface area contributed by atoms with Crippen LogP contribution in [0.2, 0.25) is 0 Å². The van der Waals surface area contributed by atoms with Gasteiger partial charge >= 0.3 is 0 Å². The van der Waals surface area contributed by atoms with Crippen molar-refractivity contribution >= 4 is 11.3 Å². The number of hydrogen-bond acceptors (Lipinski definition) is 5. The maximum atomic E-state index is 5.67. The highest BCUT2D eigenvalue weighted by Crippen LogP contribution is 2.28. The summed E-state index contributed by atoms with van der Waals surface area (Å²) in [5.41, 5.74) is 3.85. The van der Waals surface area contributed by atoms with Crippen molar-refractivity contribution in [2.24, 2.45) is 5.84 Å². The van der Waals surface area contributed by atoms with E-state index in [1.807, 2.05) is 20.0 Å². The molecule has 2 aromatic rings. The summed E-state index contributed by atoms with van der Waals surface area (Å²) < 4.78 is 2.08. The minimum atomic E-state index is -0.0869. The van der Waals surface area contributed by atoms with Gasteiger partial charge in [-0.15, -0.1) is 11.3 Å². The van der Waals surface area contributed by atoms with Crippen LogP contribution in [0.4, 0.5) is 0 Å². The molecule has 6 heteroatoms. The van der Waals surface area contributed by atoms with Crippen molar-refractivity contribution < 1.29 is 0 Å². The van der Waals surface area contributed by atoms with Crippen molar-refractivity contribution in [3.05, 3.63) is 33.8 Å². The Labute approximate surface area is 105 Å². The van der Waals surface area contributed by atoms with Gasteiger partial charge in [0.1, 0.15) is 11.9 Å². The van der Waals surface area contributed by atoms with Gasteiger partial charge in [-0.3, -0.25) is 5.84 Å². The van der Waals surface area contributed by atoms with Gasteiger partial charge in [0.2, 0.25) is 0 Å². The van der Waals surface area contributed by atoms with Crippen LogP contribution in [0.25, 0.3) is 0 Å². The fourth-order valence-electron chi connectivity index (χ4n) is 1.93. The number of hydrogen-bond donors (Lipinski definition) is 2. The molecule has 2 rings (SSSR count). The average Bonchev–Trinajstić information content (AvgIpc) is 2.88. The molecule has 1 atom stereocenters. The van der Waals surface area contributed by atoms with E-state index in [4.69, 9.17) is 5.84 Å². The molecule has 0 aliphatic heterocycles. The third-order valence-electron chi connectivity index (χ3n) is 2.71. The predicted octanol–water partition coefficient (Wildman–Crippen LogP) is 1.53. The van der Waals surface area contributed by atoms with Gasteiger partial charge in [-0.1, -0.05) is 0 Å². The van der Waals surface area contributed by atoms with Gasteiger partial charge in [-0.2, -0.15) is 0 Å². The van der Waals surface area contributed by atoms with Crippen LogP contribution in [0.3, 0.4) is 0 Å². The van der Waals surface area contributed by atoms with Gasteiger partial charge in [-0.05, 0) is 20.8 Å². The molecule has 0 spiro atoms. The first-order chi connectivity index (χ1) is 8.17. The summed E-state index contributed by atoms with van der Waals surface area (Å²) in [5.74, 6) is 6.61. The van der Waals surface area contributed by atoms with Crippen molar-refractivity contribution in [1.82, 2.24) is 20.0 Å². The molecule has 0 amide bonds. The van der Waals surface area contributed by atoms with E-state index in [0.717, 1.165) is 27.9 Å². The van der Waals surface area contributed by atoms with Crippen LogP contribution >= 0.6 is 11.3 Å². The molecular formula is C11H17N5S. The number of imidazole rings is 1. The molecule has 17 heavy (non-hydrogen) atoms. The van der Waals surface area contributed by atoms with E-state index < -0.39 is 0 Å². The van der Waals surface area contributed by atoms with Gasteiger partial charge in [-0.25, -0.2) is 15.4 Å². The largest absolute Gasteiger partial charge is 0.334 e. The van der Waals surface area contributed by atoms with Crippen molar-refractivity contribution in [2.75, 3.05) is 0 Å². The van der Waals surface area contributed by atoms with E-state index in [2.05, 4.69) is 26.9 Å². The number of nitrogens with two attached hydrogens (primary N) is 1. The van der Waals surface area contributed by atoms with Crippen LogP contribution in [-0.4, -0.2) is 14.5 Å². The van der Waals surface area contributed by atoms with E-state index in [9.17, 15) is 0 Å². The molecule has 0 saturated heterocycles. The Morgan fingerprint density at radius 3 is 2.82 bits per heavy atom. The highest BCUT2D eigenvalue weighted by molar-refractivity contribution is 7.11. The maximum absolute atomic E-state index is 5.67. The number of nitrogens with one attached hydrogen (secondary N) is 1. The molecular weight excluding hydrogens is 234 g/mol. The molecule has 5 nitrogen and oxygen atoms in total. The lowest BCUT2D eigenvalue weighted by atomic mass is 10.2. The van der Waals surface area contributed by atoms with E-state index in [-0.39, 0.29) is 6.04 Å². The quantitative estimate of drug-likeness (QED) is 0.638. The Bertz CT molecular complexity index is 502. The second-order valence-electron chi connectivity index (χ2n) is 3.85. The van der Waals surface area contributed by atoms with Gasteiger partial charge in [0, 0.05) is 18.9 Å². The zero-order valence-corrected chi connectivity index (χ0v) is 11.1. The van der Waals surface area contributed by atoms with E-state index in [1.54, 1.807) is 17.5 Å². The van der Waals surface area contributed by atoms with E-state index >= 15 is 0 Å². The summed E-state index contributed by atoms with van der Waals surface area (Å²) in [6.45, 7) is 6.97. The fourth-order valence-corrected chi connectivity index (χ4v) is 2.92. The Balaban J connectivity index is 2.43. The second-order valence-corrected chi connectivity index (χ2v) is 5.09. The van der Waals surface area contributed by atoms with E-state index in [0.29, 0.717) is 0 Å². The molecule has 0 saturated carbocycles. The standard InChI is InChI=1S/C11H17N5S/c1-4-16-6-5-13-11(16)9(15-12)10-7(2)14-8(3)17-10/h5-6,9,15H,4,12H2,1-3H3. The van der Waals surface area contributed by atoms with Crippen LogP contribution in [0.1, 0.15) is 34.4 Å². The SMILES string of the molecule is CCn1ccnc1C(NN)c1sc(C)nc1C. The van der Waals surface area contributed by atoms with Crippen LogP contribution in [0.15, 0.2) is 12.4 Å². The number of aryl methyl sites for hydroxylation is 3. The van der Waals surface area contributed by atoms with Crippen molar-refractivity contribution in [3.63, 3.8) is 0 Å². The molecule has 0 aliphatic carbocycles. The number of aromatic nitrogens is 3. The second kappa shape index (κ2) is 4.95. The lowest BCUT2D eigenvalue weighted by molar-refractivity contribution is 0.565.